The summed E-state index contributed by atoms with van der Waals surface area (Å²) in [7, 11) is 0. The van der Waals surface area contributed by atoms with Gasteiger partial charge in [-0.15, -0.1) is 12.4 Å². The summed E-state index contributed by atoms with van der Waals surface area (Å²) in [6, 6.07) is 0. The molecular weight excluding hydrogens is 198 g/mol. The van der Waals surface area contributed by atoms with Crippen LogP contribution in [0.5, 0.6) is 0 Å². The van der Waals surface area contributed by atoms with Crippen molar-refractivity contribution in [2.24, 2.45) is 0 Å². The molecule has 1 saturated carbocycles. The third kappa shape index (κ3) is 1.44. The summed E-state index contributed by atoms with van der Waals surface area (Å²) in [5.41, 5.74) is 4.20. The molecule has 0 unspecified atom stereocenters. The third-order valence-corrected chi connectivity index (χ3v) is 3.33. The molecule has 3 rings (SSSR count). The molecule has 1 aliphatic heterocycles. The summed E-state index contributed by atoms with van der Waals surface area (Å²) < 4.78 is 0. The van der Waals surface area contributed by atoms with Gasteiger partial charge in [0.05, 0.1) is 5.69 Å². The third-order valence-electron chi connectivity index (χ3n) is 3.33. The average Bonchev–Trinajstić information content (AvgIpc) is 2.47. The maximum Gasteiger partial charge on any atom is 0.0700 e. The molecule has 1 aromatic rings. The Kier molecular flexibility index (Phi) is 2.79. The van der Waals surface area contributed by atoms with Gasteiger partial charge in [-0.25, -0.2) is 0 Å². The van der Waals surface area contributed by atoms with E-state index in [1.54, 1.807) is 0 Å². The lowest BCUT2D eigenvalue weighted by molar-refractivity contribution is 0.407. The molecular formula is C10H16ClN3. The fourth-order valence-electron chi connectivity index (χ4n) is 2.27. The minimum Gasteiger partial charge on any atom is -0.312 e. The SMILES string of the molecule is C1CC(c2n[nH]c3c2CNCC3)C1.Cl. The lowest BCUT2D eigenvalue weighted by atomic mass is 9.81. The Morgan fingerprint density at radius 3 is 2.86 bits per heavy atom. The summed E-state index contributed by atoms with van der Waals surface area (Å²) >= 11 is 0. The number of nitrogens with one attached hydrogen (secondary N) is 2. The van der Waals surface area contributed by atoms with Crippen LogP contribution in [0.1, 0.15) is 42.1 Å². The second kappa shape index (κ2) is 3.91. The molecule has 1 aliphatic carbocycles. The number of aromatic amines is 1. The first-order valence-corrected chi connectivity index (χ1v) is 5.22. The van der Waals surface area contributed by atoms with Gasteiger partial charge in [0.25, 0.3) is 0 Å². The predicted molar refractivity (Wildman–Crippen MR) is 57.8 cm³/mol. The van der Waals surface area contributed by atoms with Crippen molar-refractivity contribution in [3.05, 3.63) is 17.0 Å². The highest BCUT2D eigenvalue weighted by atomic mass is 35.5. The van der Waals surface area contributed by atoms with E-state index in [2.05, 4.69) is 15.5 Å². The number of fused-ring (bicyclic) bond motifs is 1. The Morgan fingerprint density at radius 1 is 1.29 bits per heavy atom. The second-order valence-corrected chi connectivity index (χ2v) is 4.12. The van der Waals surface area contributed by atoms with Crippen molar-refractivity contribution in [3.8, 4) is 0 Å². The summed E-state index contributed by atoms with van der Waals surface area (Å²) in [5, 5.41) is 11.1. The zero-order chi connectivity index (χ0) is 8.67. The molecule has 4 heteroatoms. The van der Waals surface area contributed by atoms with E-state index in [9.17, 15) is 0 Å². The van der Waals surface area contributed by atoms with E-state index in [-0.39, 0.29) is 12.4 Å². The van der Waals surface area contributed by atoms with E-state index in [4.69, 9.17) is 0 Å². The van der Waals surface area contributed by atoms with Crippen molar-refractivity contribution in [2.75, 3.05) is 6.54 Å². The number of aromatic nitrogens is 2. The van der Waals surface area contributed by atoms with Crippen LogP contribution < -0.4 is 5.32 Å². The number of H-pyrrole nitrogens is 1. The predicted octanol–water partition coefficient (Wildman–Crippen LogP) is 1.74. The molecule has 78 valence electrons. The molecule has 0 amide bonds. The van der Waals surface area contributed by atoms with Gasteiger partial charge in [0, 0.05) is 36.7 Å². The fraction of sp³-hybridized carbons (Fsp3) is 0.700. The summed E-state index contributed by atoms with van der Waals surface area (Å²) in [6.45, 7) is 2.12. The largest absolute Gasteiger partial charge is 0.312 e. The van der Waals surface area contributed by atoms with Crippen molar-refractivity contribution in [1.29, 1.82) is 0 Å². The molecule has 0 radical (unpaired) electrons. The van der Waals surface area contributed by atoms with Gasteiger partial charge in [-0.3, -0.25) is 5.10 Å². The van der Waals surface area contributed by atoms with Crippen LogP contribution in [0.4, 0.5) is 0 Å². The Labute approximate surface area is 90.1 Å². The van der Waals surface area contributed by atoms with Crippen molar-refractivity contribution in [3.63, 3.8) is 0 Å². The molecule has 0 bridgehead atoms. The first-order chi connectivity index (χ1) is 6.45. The van der Waals surface area contributed by atoms with Crippen molar-refractivity contribution >= 4 is 12.4 Å². The van der Waals surface area contributed by atoms with Crippen molar-refractivity contribution in [2.45, 2.75) is 38.1 Å². The normalized spacial score (nSPS) is 20.9. The van der Waals surface area contributed by atoms with Crippen LogP contribution in [0.25, 0.3) is 0 Å². The van der Waals surface area contributed by atoms with E-state index < -0.39 is 0 Å². The molecule has 1 aromatic heterocycles. The van der Waals surface area contributed by atoms with E-state index in [0.717, 1.165) is 25.4 Å². The average molecular weight is 214 g/mol. The number of halogens is 1. The van der Waals surface area contributed by atoms with Crippen LogP contribution in [0.3, 0.4) is 0 Å². The zero-order valence-electron chi connectivity index (χ0n) is 8.18. The van der Waals surface area contributed by atoms with E-state index >= 15 is 0 Å². The molecule has 0 atom stereocenters. The highest BCUT2D eigenvalue weighted by molar-refractivity contribution is 5.85. The quantitative estimate of drug-likeness (QED) is 0.746. The Balaban J connectivity index is 0.000000750. The van der Waals surface area contributed by atoms with Gasteiger partial charge < -0.3 is 5.32 Å². The van der Waals surface area contributed by atoms with Gasteiger partial charge >= 0.3 is 0 Å². The Hall–Kier alpha value is -0.540. The van der Waals surface area contributed by atoms with Crippen LogP contribution in [-0.2, 0) is 13.0 Å². The minimum atomic E-state index is 0. The van der Waals surface area contributed by atoms with Gasteiger partial charge in [0.15, 0.2) is 0 Å². The molecule has 0 aromatic carbocycles. The standard InChI is InChI=1S/C10H15N3.ClH/c1-2-7(3-1)10-8-6-11-5-4-9(8)12-13-10;/h7,11H,1-6H2,(H,12,13);1H. The summed E-state index contributed by atoms with van der Waals surface area (Å²) in [6.07, 6.45) is 5.20. The van der Waals surface area contributed by atoms with Crippen LogP contribution >= 0.6 is 12.4 Å². The number of hydrogen-bond acceptors (Lipinski definition) is 2. The molecule has 3 nitrogen and oxygen atoms in total. The molecule has 2 heterocycles. The highest BCUT2D eigenvalue weighted by Gasteiger charge is 2.27. The molecule has 1 fully saturated rings. The fourth-order valence-corrected chi connectivity index (χ4v) is 2.27. The zero-order valence-corrected chi connectivity index (χ0v) is 8.99. The maximum atomic E-state index is 4.45. The maximum absolute atomic E-state index is 4.45. The van der Waals surface area contributed by atoms with Crippen LogP contribution in [0.2, 0.25) is 0 Å². The van der Waals surface area contributed by atoms with Crippen molar-refractivity contribution < 1.29 is 0 Å². The van der Waals surface area contributed by atoms with Crippen LogP contribution in [-0.4, -0.2) is 16.7 Å². The van der Waals surface area contributed by atoms with Gasteiger partial charge in [-0.1, -0.05) is 6.42 Å². The number of rotatable bonds is 1. The van der Waals surface area contributed by atoms with Crippen molar-refractivity contribution in [1.82, 2.24) is 15.5 Å². The lowest BCUT2D eigenvalue weighted by Gasteiger charge is -2.25. The topological polar surface area (TPSA) is 40.7 Å². The van der Waals surface area contributed by atoms with Gasteiger partial charge in [-0.05, 0) is 12.8 Å². The number of hydrogen-bond donors (Lipinski definition) is 2. The molecule has 14 heavy (non-hydrogen) atoms. The first-order valence-electron chi connectivity index (χ1n) is 5.22. The van der Waals surface area contributed by atoms with Crippen LogP contribution in [0.15, 0.2) is 0 Å². The lowest BCUT2D eigenvalue weighted by Crippen LogP contribution is -2.24. The van der Waals surface area contributed by atoms with Gasteiger partial charge in [0.2, 0.25) is 0 Å². The monoisotopic (exact) mass is 213 g/mol. The molecule has 0 spiro atoms. The Morgan fingerprint density at radius 2 is 2.14 bits per heavy atom. The van der Waals surface area contributed by atoms with Gasteiger partial charge in [0.1, 0.15) is 0 Å². The summed E-state index contributed by atoms with van der Waals surface area (Å²) in [4.78, 5) is 0. The first kappa shape index (κ1) is 9.99. The minimum absolute atomic E-state index is 0. The smallest absolute Gasteiger partial charge is 0.0700 e. The van der Waals surface area contributed by atoms with E-state index in [1.165, 1.54) is 36.2 Å². The molecule has 2 aliphatic rings. The van der Waals surface area contributed by atoms with Gasteiger partial charge in [-0.2, -0.15) is 5.10 Å². The van der Waals surface area contributed by atoms with E-state index in [1.807, 2.05) is 0 Å². The number of nitrogens with zero attached hydrogens (tertiary/aromatic N) is 1. The molecule has 2 N–H and O–H groups in total. The highest BCUT2D eigenvalue weighted by Crippen LogP contribution is 2.37. The Bertz CT molecular complexity index is 317. The summed E-state index contributed by atoms with van der Waals surface area (Å²) in [5.74, 6) is 0.764. The van der Waals surface area contributed by atoms with Crippen LogP contribution in [0, 0.1) is 0 Å². The molecule has 0 saturated heterocycles. The second-order valence-electron chi connectivity index (χ2n) is 4.12. The van der Waals surface area contributed by atoms with E-state index in [0.29, 0.717) is 0 Å².